The normalized spacial score (nSPS) is 15.1. The number of rotatable bonds is 6. The molecule has 0 radical (unpaired) electrons. The second kappa shape index (κ2) is 5.19. The number of hydrogen-bond donors (Lipinski definition) is 2. The van der Waals surface area contributed by atoms with Crippen molar-refractivity contribution >= 4 is 16.0 Å². The molecule has 0 rings (SSSR count). The third-order valence-corrected chi connectivity index (χ3v) is 3.32. The summed E-state index contributed by atoms with van der Waals surface area (Å²) in [6.07, 6.45) is -7.18. The molecule has 0 saturated carbocycles. The topological polar surface area (TPSA) is 83.5 Å². The maximum Gasteiger partial charge on any atom is 0.460 e. The van der Waals surface area contributed by atoms with E-state index in [4.69, 9.17) is 5.11 Å². The van der Waals surface area contributed by atoms with Crippen LogP contribution in [0.4, 0.5) is 39.5 Å². The van der Waals surface area contributed by atoms with Crippen LogP contribution in [0.3, 0.4) is 0 Å². The molecule has 2 N–H and O–H groups in total. The minimum atomic E-state index is -7.39. The Hall–Kier alpha value is -1.25. The number of nitrogens with one attached hydrogen (secondary N) is 1. The van der Waals surface area contributed by atoms with Crippen LogP contribution >= 0.6 is 0 Å². The van der Waals surface area contributed by atoms with Gasteiger partial charge in [0.15, 0.2) is 0 Å². The van der Waals surface area contributed by atoms with Crippen molar-refractivity contribution in [2.45, 2.75) is 23.3 Å². The molecule has 0 atom stereocenters. The maximum atomic E-state index is 12.9. The van der Waals surface area contributed by atoms with Crippen molar-refractivity contribution < 1.29 is 57.8 Å². The quantitative estimate of drug-likeness (QED) is 0.705. The summed E-state index contributed by atoms with van der Waals surface area (Å²) in [5, 5.41) is 1.01. The standard InChI is InChI=1S/C6H4F9NO4S/c7-3(8,5(11,12)13)4(9,10)6(14,15)21(19,20)16-1-2(17)18/h16H,1H2,(H,17,18). The van der Waals surface area contributed by atoms with E-state index < -0.39 is 45.8 Å². The van der Waals surface area contributed by atoms with Crippen molar-refractivity contribution in [1.82, 2.24) is 4.72 Å². The SMILES string of the molecule is O=C(O)CNS(=O)(=O)C(F)(F)C(F)(F)C(F)(F)C(F)(F)F. The van der Waals surface area contributed by atoms with E-state index >= 15 is 0 Å². The lowest BCUT2D eigenvalue weighted by molar-refractivity contribution is -0.382. The van der Waals surface area contributed by atoms with Gasteiger partial charge in [-0.2, -0.15) is 44.2 Å². The highest BCUT2D eigenvalue weighted by molar-refractivity contribution is 7.90. The number of carboxylic acid groups (broad SMARTS) is 1. The molecule has 0 unspecified atom stereocenters. The monoisotopic (exact) mass is 357 g/mol. The molecule has 0 aliphatic carbocycles. The number of sulfonamides is 1. The van der Waals surface area contributed by atoms with E-state index in [1.165, 1.54) is 0 Å². The molecule has 0 saturated heterocycles. The third-order valence-electron chi connectivity index (χ3n) is 1.87. The Balaban J connectivity index is 5.84. The Kier molecular flexibility index (Phi) is 4.88. The van der Waals surface area contributed by atoms with Gasteiger partial charge >= 0.3 is 29.2 Å². The smallest absolute Gasteiger partial charge is 0.460 e. The molecule has 21 heavy (non-hydrogen) atoms. The van der Waals surface area contributed by atoms with Gasteiger partial charge in [0.1, 0.15) is 6.54 Å². The Labute approximate surface area is 109 Å². The summed E-state index contributed by atoms with van der Waals surface area (Å²) in [7, 11) is -6.85. The van der Waals surface area contributed by atoms with Gasteiger partial charge in [-0.3, -0.25) is 4.79 Å². The second-order valence-electron chi connectivity index (χ2n) is 3.38. The Bertz CT molecular complexity index is 511. The van der Waals surface area contributed by atoms with Gasteiger partial charge in [0.2, 0.25) is 0 Å². The molecule has 0 aromatic heterocycles. The summed E-state index contributed by atoms with van der Waals surface area (Å²) >= 11 is 0. The highest BCUT2D eigenvalue weighted by Crippen LogP contribution is 2.54. The molecule has 126 valence electrons. The van der Waals surface area contributed by atoms with Crippen molar-refractivity contribution in [2.24, 2.45) is 0 Å². The lowest BCUT2D eigenvalue weighted by Crippen LogP contribution is -2.65. The fraction of sp³-hybridized carbons (Fsp3) is 0.833. The number of carboxylic acids is 1. The summed E-state index contributed by atoms with van der Waals surface area (Å²) in [5.41, 5.74) is 0. The first kappa shape index (κ1) is 19.8. The summed E-state index contributed by atoms with van der Waals surface area (Å²) < 4.78 is 133. The van der Waals surface area contributed by atoms with Crippen molar-refractivity contribution in [3.63, 3.8) is 0 Å². The highest BCUT2D eigenvalue weighted by Gasteiger charge is 2.85. The zero-order chi connectivity index (χ0) is 17.5. The maximum absolute atomic E-state index is 12.9. The molecule has 0 heterocycles. The highest BCUT2D eigenvalue weighted by atomic mass is 32.2. The molecule has 0 aliphatic rings. The van der Waals surface area contributed by atoms with Gasteiger partial charge < -0.3 is 5.11 Å². The van der Waals surface area contributed by atoms with Crippen LogP contribution in [0.5, 0.6) is 0 Å². The number of aliphatic carboxylic acids is 1. The van der Waals surface area contributed by atoms with E-state index in [9.17, 15) is 52.7 Å². The Morgan fingerprint density at radius 3 is 1.57 bits per heavy atom. The largest absolute Gasteiger partial charge is 0.480 e. The third kappa shape index (κ3) is 3.17. The zero-order valence-electron chi connectivity index (χ0n) is 9.19. The predicted octanol–water partition coefficient (Wildman–Crippen LogP) is 1.42. The lowest BCUT2D eigenvalue weighted by atomic mass is 10.1. The van der Waals surface area contributed by atoms with Crippen molar-refractivity contribution in [1.29, 1.82) is 0 Å². The van der Waals surface area contributed by atoms with E-state index in [1.807, 2.05) is 0 Å². The van der Waals surface area contributed by atoms with Crippen molar-refractivity contribution in [3.05, 3.63) is 0 Å². The predicted molar refractivity (Wildman–Crippen MR) is 45.5 cm³/mol. The Morgan fingerprint density at radius 1 is 0.905 bits per heavy atom. The van der Waals surface area contributed by atoms with Crippen molar-refractivity contribution in [3.8, 4) is 0 Å². The van der Waals surface area contributed by atoms with E-state index in [-0.39, 0.29) is 4.72 Å². The molecule has 15 heteroatoms. The van der Waals surface area contributed by atoms with E-state index in [2.05, 4.69) is 0 Å². The molecule has 5 nitrogen and oxygen atoms in total. The van der Waals surface area contributed by atoms with Gasteiger partial charge in [-0.05, 0) is 0 Å². The van der Waals surface area contributed by atoms with Crippen molar-refractivity contribution in [2.75, 3.05) is 6.54 Å². The number of carbonyl (C=O) groups is 1. The van der Waals surface area contributed by atoms with Gasteiger partial charge in [0, 0.05) is 0 Å². The van der Waals surface area contributed by atoms with Gasteiger partial charge in [0.05, 0.1) is 0 Å². The van der Waals surface area contributed by atoms with Crippen LogP contribution in [-0.2, 0) is 14.8 Å². The first-order chi connectivity index (χ1) is 8.92. The molecule has 0 aromatic rings. The number of hydrogen-bond acceptors (Lipinski definition) is 3. The molecular formula is C6H4F9NO4S. The van der Waals surface area contributed by atoms with Crippen LogP contribution in [0.25, 0.3) is 0 Å². The number of alkyl halides is 9. The summed E-state index contributed by atoms with van der Waals surface area (Å²) in [6.45, 7) is -1.94. The first-order valence-electron chi connectivity index (χ1n) is 4.33. The molecule has 0 fully saturated rings. The van der Waals surface area contributed by atoms with Crippen LogP contribution in [-0.4, -0.2) is 49.3 Å². The van der Waals surface area contributed by atoms with Crippen LogP contribution in [0.2, 0.25) is 0 Å². The van der Waals surface area contributed by atoms with Gasteiger partial charge in [0.25, 0.3) is 10.0 Å². The minimum absolute atomic E-state index is 0.270. The minimum Gasteiger partial charge on any atom is -0.480 e. The van der Waals surface area contributed by atoms with Gasteiger partial charge in [-0.15, -0.1) is 0 Å². The molecule has 0 spiro atoms. The van der Waals surface area contributed by atoms with Crippen LogP contribution in [0, 0.1) is 0 Å². The zero-order valence-corrected chi connectivity index (χ0v) is 10.0. The number of halogens is 9. The van der Waals surface area contributed by atoms with E-state index in [0.29, 0.717) is 0 Å². The fourth-order valence-electron chi connectivity index (χ4n) is 0.777. The average molecular weight is 357 g/mol. The molecule has 0 bridgehead atoms. The summed E-state index contributed by atoms with van der Waals surface area (Å²) in [5.74, 6) is -17.0. The van der Waals surface area contributed by atoms with Crippen LogP contribution in [0.1, 0.15) is 0 Å². The lowest BCUT2D eigenvalue weighted by Gasteiger charge is -2.32. The fourth-order valence-corrected chi connectivity index (χ4v) is 1.74. The summed E-state index contributed by atoms with van der Waals surface area (Å²) in [6, 6.07) is 0. The van der Waals surface area contributed by atoms with Gasteiger partial charge in [-0.25, -0.2) is 8.42 Å². The summed E-state index contributed by atoms with van der Waals surface area (Å²) in [4.78, 5) is 9.89. The molecular weight excluding hydrogens is 353 g/mol. The van der Waals surface area contributed by atoms with Crippen LogP contribution < -0.4 is 4.72 Å². The van der Waals surface area contributed by atoms with Gasteiger partial charge in [-0.1, -0.05) is 0 Å². The molecule has 0 aromatic carbocycles. The second-order valence-corrected chi connectivity index (χ2v) is 5.19. The van der Waals surface area contributed by atoms with Crippen LogP contribution in [0.15, 0.2) is 0 Å². The molecule has 0 aliphatic heterocycles. The Morgan fingerprint density at radius 2 is 1.29 bits per heavy atom. The molecule has 0 amide bonds. The van der Waals surface area contributed by atoms with E-state index in [1.54, 1.807) is 0 Å². The first-order valence-corrected chi connectivity index (χ1v) is 5.81. The van der Waals surface area contributed by atoms with E-state index in [0.717, 1.165) is 0 Å². The average Bonchev–Trinajstić information content (AvgIpc) is 2.24.